The minimum Gasteiger partial charge on any atom is -0.460 e. The Bertz CT molecular complexity index is 467. The smallest absolute Gasteiger partial charge is 0.338 e. The van der Waals surface area contributed by atoms with E-state index in [0.29, 0.717) is 12.0 Å². The van der Waals surface area contributed by atoms with E-state index in [2.05, 4.69) is 21.2 Å². The summed E-state index contributed by atoms with van der Waals surface area (Å²) in [7, 11) is 0. The molecule has 1 aromatic carbocycles. The van der Waals surface area contributed by atoms with Crippen LogP contribution in [0.15, 0.2) is 22.7 Å². The number of amides is 1. The van der Waals surface area contributed by atoms with Gasteiger partial charge in [-0.05, 0) is 37.1 Å². The van der Waals surface area contributed by atoms with E-state index in [1.165, 1.54) is 0 Å². The number of aryl methyl sites for hydroxylation is 1. The van der Waals surface area contributed by atoms with Crippen LogP contribution in [0.3, 0.4) is 0 Å². The summed E-state index contributed by atoms with van der Waals surface area (Å²) in [4.78, 5) is 22.8. The zero-order chi connectivity index (χ0) is 13.1. The Morgan fingerprint density at radius 1 is 1.50 bits per heavy atom. The molecule has 1 aliphatic heterocycles. The maximum absolute atomic E-state index is 11.8. The molecule has 0 unspecified atom stereocenters. The minimum absolute atomic E-state index is 0.0225. The third-order valence-electron chi connectivity index (χ3n) is 2.78. The highest BCUT2D eigenvalue weighted by molar-refractivity contribution is 9.10. The van der Waals surface area contributed by atoms with Gasteiger partial charge in [0.15, 0.2) is 0 Å². The van der Waals surface area contributed by atoms with Crippen LogP contribution >= 0.6 is 15.9 Å². The zero-order valence-electron chi connectivity index (χ0n) is 10.0. The SMILES string of the molecule is Cc1cc(Br)cc(C(=O)OC[C@H]2CCC(=O)N2)c1. The van der Waals surface area contributed by atoms with Crippen molar-refractivity contribution in [1.82, 2.24) is 5.32 Å². The highest BCUT2D eigenvalue weighted by Gasteiger charge is 2.22. The molecule has 0 saturated carbocycles. The van der Waals surface area contributed by atoms with Crippen LogP contribution in [-0.4, -0.2) is 24.5 Å². The molecule has 1 fully saturated rings. The van der Waals surface area contributed by atoms with Crippen molar-refractivity contribution in [1.29, 1.82) is 0 Å². The number of benzene rings is 1. The van der Waals surface area contributed by atoms with Gasteiger partial charge in [-0.25, -0.2) is 4.79 Å². The molecule has 18 heavy (non-hydrogen) atoms. The van der Waals surface area contributed by atoms with Crippen LogP contribution in [0.5, 0.6) is 0 Å². The van der Waals surface area contributed by atoms with Crippen molar-refractivity contribution in [3.05, 3.63) is 33.8 Å². The molecular formula is C13H14BrNO3. The molecule has 1 aliphatic rings. The van der Waals surface area contributed by atoms with Gasteiger partial charge in [-0.1, -0.05) is 15.9 Å². The van der Waals surface area contributed by atoms with Crippen LogP contribution in [0.4, 0.5) is 0 Å². The van der Waals surface area contributed by atoms with Crippen LogP contribution in [0.1, 0.15) is 28.8 Å². The van der Waals surface area contributed by atoms with Gasteiger partial charge in [0.05, 0.1) is 11.6 Å². The van der Waals surface area contributed by atoms with Crippen LogP contribution < -0.4 is 5.32 Å². The van der Waals surface area contributed by atoms with E-state index in [0.717, 1.165) is 16.5 Å². The molecule has 4 nitrogen and oxygen atoms in total. The molecule has 1 N–H and O–H groups in total. The van der Waals surface area contributed by atoms with Gasteiger partial charge < -0.3 is 10.1 Å². The minimum atomic E-state index is -0.361. The van der Waals surface area contributed by atoms with Crippen molar-refractivity contribution in [3.8, 4) is 0 Å². The maximum atomic E-state index is 11.8. The van der Waals surface area contributed by atoms with E-state index >= 15 is 0 Å². The lowest BCUT2D eigenvalue weighted by Crippen LogP contribution is -2.30. The fourth-order valence-electron chi connectivity index (χ4n) is 1.92. The average molecular weight is 312 g/mol. The number of carbonyl (C=O) groups is 2. The second-order valence-electron chi connectivity index (χ2n) is 4.42. The van der Waals surface area contributed by atoms with E-state index < -0.39 is 0 Å². The van der Waals surface area contributed by atoms with E-state index in [9.17, 15) is 9.59 Å². The van der Waals surface area contributed by atoms with Gasteiger partial charge in [-0.15, -0.1) is 0 Å². The van der Waals surface area contributed by atoms with Crippen LogP contribution in [0.2, 0.25) is 0 Å². The lowest BCUT2D eigenvalue weighted by Gasteiger charge is -2.11. The van der Waals surface area contributed by atoms with Crippen molar-refractivity contribution in [2.75, 3.05) is 6.61 Å². The summed E-state index contributed by atoms with van der Waals surface area (Å²) in [6.45, 7) is 2.15. The number of halogens is 1. The summed E-state index contributed by atoms with van der Waals surface area (Å²) < 4.78 is 6.05. The molecule has 0 bridgehead atoms. The van der Waals surface area contributed by atoms with Crippen molar-refractivity contribution in [3.63, 3.8) is 0 Å². The second-order valence-corrected chi connectivity index (χ2v) is 5.33. The molecule has 1 saturated heterocycles. The Balaban J connectivity index is 1.93. The first-order chi connectivity index (χ1) is 8.54. The van der Waals surface area contributed by atoms with E-state index in [-0.39, 0.29) is 24.5 Å². The molecule has 5 heteroatoms. The van der Waals surface area contributed by atoms with Gasteiger partial charge >= 0.3 is 5.97 Å². The van der Waals surface area contributed by atoms with E-state index in [1.807, 2.05) is 13.0 Å². The monoisotopic (exact) mass is 311 g/mol. The highest BCUT2D eigenvalue weighted by atomic mass is 79.9. The summed E-state index contributed by atoms with van der Waals surface area (Å²) >= 11 is 3.34. The Labute approximate surface area is 114 Å². The quantitative estimate of drug-likeness (QED) is 0.871. The Kier molecular flexibility index (Phi) is 4.01. The van der Waals surface area contributed by atoms with Crippen molar-refractivity contribution in [2.45, 2.75) is 25.8 Å². The predicted octanol–water partition coefficient (Wildman–Crippen LogP) is 2.19. The van der Waals surface area contributed by atoms with Crippen LogP contribution in [0.25, 0.3) is 0 Å². The van der Waals surface area contributed by atoms with Gasteiger partial charge in [0.2, 0.25) is 5.91 Å². The Morgan fingerprint density at radius 3 is 2.89 bits per heavy atom. The first-order valence-electron chi connectivity index (χ1n) is 5.78. The Hall–Kier alpha value is -1.36. The summed E-state index contributed by atoms with van der Waals surface area (Å²) in [5.41, 5.74) is 1.51. The van der Waals surface area contributed by atoms with Crippen LogP contribution in [-0.2, 0) is 9.53 Å². The number of esters is 1. The molecule has 1 atom stereocenters. The van der Waals surface area contributed by atoms with Gasteiger partial charge in [-0.3, -0.25) is 4.79 Å². The zero-order valence-corrected chi connectivity index (χ0v) is 11.6. The third-order valence-corrected chi connectivity index (χ3v) is 3.24. The molecule has 0 radical (unpaired) electrons. The molecule has 1 amide bonds. The third kappa shape index (κ3) is 3.32. The Morgan fingerprint density at radius 2 is 2.28 bits per heavy atom. The number of hydrogen-bond donors (Lipinski definition) is 1. The number of rotatable bonds is 3. The van der Waals surface area contributed by atoms with Crippen molar-refractivity contribution in [2.24, 2.45) is 0 Å². The number of carbonyl (C=O) groups excluding carboxylic acids is 2. The summed E-state index contributed by atoms with van der Waals surface area (Å²) in [5, 5.41) is 2.76. The molecule has 0 aromatic heterocycles. The largest absolute Gasteiger partial charge is 0.460 e. The predicted molar refractivity (Wildman–Crippen MR) is 70.3 cm³/mol. The lowest BCUT2D eigenvalue weighted by molar-refractivity contribution is -0.119. The second kappa shape index (κ2) is 5.52. The van der Waals surface area contributed by atoms with Crippen LogP contribution in [0, 0.1) is 6.92 Å². The number of ether oxygens (including phenoxy) is 1. The molecule has 96 valence electrons. The molecule has 1 heterocycles. The fraction of sp³-hybridized carbons (Fsp3) is 0.385. The van der Waals surface area contributed by atoms with E-state index in [1.54, 1.807) is 12.1 Å². The molecule has 2 rings (SSSR count). The van der Waals surface area contributed by atoms with Gasteiger partial charge in [0.1, 0.15) is 6.61 Å². The standard InChI is InChI=1S/C13H14BrNO3/c1-8-4-9(6-10(14)5-8)13(17)18-7-11-2-3-12(16)15-11/h4-6,11H,2-3,7H2,1H3,(H,15,16)/t11-/m1/s1. The first-order valence-corrected chi connectivity index (χ1v) is 6.57. The number of hydrogen-bond acceptors (Lipinski definition) is 3. The average Bonchev–Trinajstić information content (AvgIpc) is 2.70. The van der Waals surface area contributed by atoms with Gasteiger partial charge in [-0.2, -0.15) is 0 Å². The molecule has 0 spiro atoms. The molecular weight excluding hydrogens is 298 g/mol. The van der Waals surface area contributed by atoms with Crippen molar-refractivity contribution >= 4 is 27.8 Å². The fourth-order valence-corrected chi connectivity index (χ4v) is 2.52. The van der Waals surface area contributed by atoms with Gasteiger partial charge in [0, 0.05) is 10.9 Å². The normalized spacial score (nSPS) is 18.6. The summed E-state index contributed by atoms with van der Waals surface area (Å²) in [5.74, 6) is -0.338. The van der Waals surface area contributed by atoms with Gasteiger partial charge in [0.25, 0.3) is 0 Å². The van der Waals surface area contributed by atoms with E-state index in [4.69, 9.17) is 4.74 Å². The first kappa shape index (κ1) is 13.1. The highest BCUT2D eigenvalue weighted by Crippen LogP contribution is 2.16. The molecule has 1 aromatic rings. The maximum Gasteiger partial charge on any atom is 0.338 e. The summed E-state index contributed by atoms with van der Waals surface area (Å²) in [6, 6.07) is 5.38. The number of nitrogens with one attached hydrogen (secondary N) is 1. The lowest BCUT2D eigenvalue weighted by atomic mass is 10.1. The topological polar surface area (TPSA) is 55.4 Å². The van der Waals surface area contributed by atoms with Crippen molar-refractivity contribution < 1.29 is 14.3 Å². The molecule has 0 aliphatic carbocycles. The summed E-state index contributed by atoms with van der Waals surface area (Å²) in [6.07, 6.45) is 1.24.